The molecule has 0 amide bonds. The minimum absolute atomic E-state index is 0.235. The lowest BCUT2D eigenvalue weighted by Crippen LogP contribution is -2.63. The molecule has 2 aromatic rings. The predicted octanol–water partition coefficient (Wildman–Crippen LogP) is 7.30. The van der Waals surface area contributed by atoms with Gasteiger partial charge in [-0.15, -0.1) is 0 Å². The highest BCUT2D eigenvalue weighted by atomic mass is 35.5. The molecule has 0 heterocycles. The van der Waals surface area contributed by atoms with Crippen molar-refractivity contribution in [1.29, 1.82) is 0 Å². The highest BCUT2D eigenvalue weighted by molar-refractivity contribution is 6.32. The van der Waals surface area contributed by atoms with Crippen molar-refractivity contribution < 1.29 is 13.9 Å². The van der Waals surface area contributed by atoms with Crippen LogP contribution in [0.5, 0.6) is 11.5 Å². The SMILES string of the molecule is CCOc1cc(CNC23CC4C[C@@](C)(C2)C[C@](C)(C4)C3)cc(Cl)c1OCc1ccc(F)cc1. The fraction of sp³-hybridized carbons (Fsp3) is 0.571. The Kier molecular flexibility index (Phi) is 5.89. The summed E-state index contributed by atoms with van der Waals surface area (Å²) in [4.78, 5) is 0. The van der Waals surface area contributed by atoms with Crippen LogP contribution in [-0.2, 0) is 13.2 Å². The highest BCUT2D eigenvalue weighted by Crippen LogP contribution is 2.66. The molecule has 0 aromatic heterocycles. The van der Waals surface area contributed by atoms with Crippen molar-refractivity contribution in [3.05, 3.63) is 58.4 Å². The van der Waals surface area contributed by atoms with E-state index in [4.69, 9.17) is 21.1 Å². The number of hydrogen-bond donors (Lipinski definition) is 1. The first-order valence-electron chi connectivity index (χ1n) is 12.3. The summed E-state index contributed by atoms with van der Waals surface area (Å²) in [7, 11) is 0. The quantitative estimate of drug-likeness (QED) is 0.438. The second-order valence-electron chi connectivity index (χ2n) is 11.5. The summed E-state index contributed by atoms with van der Waals surface area (Å²) in [6, 6.07) is 10.3. The molecule has 3 nitrogen and oxygen atoms in total. The third kappa shape index (κ3) is 4.74. The van der Waals surface area contributed by atoms with Crippen LogP contribution in [0.25, 0.3) is 0 Å². The maximum absolute atomic E-state index is 13.2. The van der Waals surface area contributed by atoms with Crippen LogP contribution in [0.2, 0.25) is 5.02 Å². The highest BCUT2D eigenvalue weighted by Gasteiger charge is 2.59. The number of nitrogens with one attached hydrogen (secondary N) is 1. The minimum atomic E-state index is -0.259. The normalized spacial score (nSPS) is 32.2. The average molecular weight is 472 g/mol. The van der Waals surface area contributed by atoms with Crippen molar-refractivity contribution >= 4 is 11.6 Å². The first-order chi connectivity index (χ1) is 15.7. The van der Waals surface area contributed by atoms with Crippen LogP contribution in [0, 0.1) is 22.6 Å². The maximum Gasteiger partial charge on any atom is 0.180 e. The third-order valence-corrected chi connectivity index (χ3v) is 8.24. The van der Waals surface area contributed by atoms with E-state index in [0.29, 0.717) is 40.6 Å². The molecule has 4 bridgehead atoms. The molecule has 5 heteroatoms. The Morgan fingerprint density at radius 3 is 2.30 bits per heavy atom. The Balaban J connectivity index is 1.31. The molecule has 0 saturated heterocycles. The molecular formula is C28H35ClFNO2. The molecule has 2 aromatic carbocycles. The van der Waals surface area contributed by atoms with Crippen LogP contribution in [0.3, 0.4) is 0 Å². The van der Waals surface area contributed by atoms with Gasteiger partial charge < -0.3 is 14.8 Å². The lowest BCUT2D eigenvalue weighted by molar-refractivity contribution is -0.118. The van der Waals surface area contributed by atoms with Crippen molar-refractivity contribution in [3.8, 4) is 11.5 Å². The van der Waals surface area contributed by atoms with Crippen LogP contribution < -0.4 is 14.8 Å². The van der Waals surface area contributed by atoms with Gasteiger partial charge in [0, 0.05) is 12.1 Å². The van der Waals surface area contributed by atoms with Gasteiger partial charge in [-0.2, -0.15) is 0 Å². The number of hydrogen-bond acceptors (Lipinski definition) is 3. The van der Waals surface area contributed by atoms with Gasteiger partial charge in [0.05, 0.1) is 11.6 Å². The van der Waals surface area contributed by atoms with E-state index in [9.17, 15) is 4.39 Å². The number of ether oxygens (including phenoxy) is 2. The number of halogens is 2. The topological polar surface area (TPSA) is 30.5 Å². The smallest absolute Gasteiger partial charge is 0.180 e. The number of benzene rings is 2. The Labute approximate surface area is 202 Å². The second-order valence-corrected chi connectivity index (χ2v) is 11.9. The molecule has 4 atom stereocenters. The largest absolute Gasteiger partial charge is 0.490 e. The van der Waals surface area contributed by atoms with Gasteiger partial charge in [-0.05, 0) is 97.6 Å². The van der Waals surface area contributed by atoms with Crippen LogP contribution in [0.15, 0.2) is 36.4 Å². The van der Waals surface area contributed by atoms with Gasteiger partial charge in [0.2, 0.25) is 0 Å². The molecular weight excluding hydrogens is 437 g/mol. The first kappa shape index (κ1) is 23.0. The van der Waals surface area contributed by atoms with E-state index in [0.717, 1.165) is 23.6 Å². The van der Waals surface area contributed by atoms with Crippen molar-refractivity contribution in [3.63, 3.8) is 0 Å². The van der Waals surface area contributed by atoms with Gasteiger partial charge in [-0.3, -0.25) is 0 Å². The lowest BCUT2D eigenvalue weighted by Gasteiger charge is -2.65. The maximum atomic E-state index is 13.2. The number of rotatable bonds is 8. The van der Waals surface area contributed by atoms with Gasteiger partial charge in [-0.1, -0.05) is 37.6 Å². The minimum Gasteiger partial charge on any atom is -0.490 e. The van der Waals surface area contributed by atoms with Crippen LogP contribution in [0.1, 0.15) is 70.4 Å². The summed E-state index contributed by atoms with van der Waals surface area (Å²) in [6.07, 6.45) is 8.01. The summed E-state index contributed by atoms with van der Waals surface area (Å²) < 4.78 is 25.1. The van der Waals surface area contributed by atoms with E-state index in [-0.39, 0.29) is 11.4 Å². The Morgan fingerprint density at radius 2 is 1.67 bits per heavy atom. The molecule has 4 aliphatic rings. The zero-order valence-corrected chi connectivity index (χ0v) is 20.7. The Hall–Kier alpha value is -1.78. The van der Waals surface area contributed by atoms with Crippen molar-refractivity contribution in [1.82, 2.24) is 5.32 Å². The van der Waals surface area contributed by atoms with Gasteiger partial charge in [0.15, 0.2) is 11.5 Å². The Morgan fingerprint density at radius 1 is 0.970 bits per heavy atom. The van der Waals surface area contributed by atoms with E-state index in [1.807, 2.05) is 19.1 Å². The molecule has 4 saturated carbocycles. The van der Waals surface area contributed by atoms with E-state index < -0.39 is 0 Å². The fourth-order valence-corrected chi connectivity index (χ4v) is 8.08. The standard InChI is InChI=1S/C28H35ClFNO2/c1-4-32-24-10-20(9-23(29)25(24)33-15-19-5-7-22(30)8-6-19)14-31-28-13-21-11-26(2,17-28)16-27(3,12-21)18-28/h5-10,21,31H,4,11-18H2,1-3H3/t21?,26-,27+,28?. The second kappa shape index (κ2) is 8.46. The summed E-state index contributed by atoms with van der Waals surface area (Å²) in [6.45, 7) is 8.57. The molecule has 0 aliphatic heterocycles. The molecule has 6 rings (SSSR count). The van der Waals surface area contributed by atoms with Crippen molar-refractivity contribution in [2.24, 2.45) is 16.7 Å². The molecule has 0 radical (unpaired) electrons. The monoisotopic (exact) mass is 471 g/mol. The Bertz CT molecular complexity index is 1010. The van der Waals surface area contributed by atoms with Crippen molar-refractivity contribution in [2.45, 2.75) is 78.0 Å². The first-order valence-corrected chi connectivity index (χ1v) is 12.6. The van der Waals surface area contributed by atoms with Crippen molar-refractivity contribution in [2.75, 3.05) is 6.61 Å². The predicted molar refractivity (Wildman–Crippen MR) is 130 cm³/mol. The zero-order chi connectivity index (χ0) is 23.3. The van der Waals surface area contributed by atoms with Crippen LogP contribution in [0.4, 0.5) is 4.39 Å². The van der Waals surface area contributed by atoms with E-state index in [2.05, 4.69) is 19.2 Å². The zero-order valence-electron chi connectivity index (χ0n) is 20.0. The van der Waals surface area contributed by atoms with Crippen LogP contribution >= 0.6 is 11.6 Å². The van der Waals surface area contributed by atoms with Gasteiger partial charge in [0.25, 0.3) is 0 Å². The average Bonchev–Trinajstić information content (AvgIpc) is 2.71. The molecule has 2 unspecified atom stereocenters. The van der Waals surface area contributed by atoms with E-state index in [1.165, 1.54) is 50.7 Å². The van der Waals surface area contributed by atoms with Gasteiger partial charge >= 0.3 is 0 Å². The summed E-state index contributed by atoms with van der Waals surface area (Å²) in [5, 5.41) is 4.53. The molecule has 4 fully saturated rings. The van der Waals surface area contributed by atoms with Gasteiger partial charge in [-0.25, -0.2) is 4.39 Å². The summed E-state index contributed by atoms with van der Waals surface area (Å²) in [5.41, 5.74) is 3.19. The van der Waals surface area contributed by atoms with E-state index >= 15 is 0 Å². The van der Waals surface area contributed by atoms with Gasteiger partial charge in [0.1, 0.15) is 12.4 Å². The molecule has 33 heavy (non-hydrogen) atoms. The van der Waals surface area contributed by atoms with Crippen LogP contribution in [-0.4, -0.2) is 12.1 Å². The van der Waals surface area contributed by atoms with E-state index in [1.54, 1.807) is 12.1 Å². The lowest BCUT2D eigenvalue weighted by atomic mass is 9.43. The summed E-state index contributed by atoms with van der Waals surface area (Å²) in [5.74, 6) is 1.80. The molecule has 0 spiro atoms. The fourth-order valence-electron chi connectivity index (χ4n) is 7.80. The molecule has 4 aliphatic carbocycles. The molecule has 178 valence electrons. The summed E-state index contributed by atoms with van der Waals surface area (Å²) >= 11 is 6.67. The molecule has 1 N–H and O–H groups in total. The third-order valence-electron chi connectivity index (χ3n) is 7.96.